The third kappa shape index (κ3) is 5.15. The van der Waals surface area contributed by atoms with Crippen molar-refractivity contribution in [2.75, 3.05) is 19.4 Å². The van der Waals surface area contributed by atoms with E-state index < -0.39 is 19.3 Å². The zero-order chi connectivity index (χ0) is 20.7. The summed E-state index contributed by atoms with van der Waals surface area (Å²) >= 11 is 0. The molecule has 1 atom stereocenters. The summed E-state index contributed by atoms with van der Waals surface area (Å²) in [6.07, 6.45) is 2.33. The van der Waals surface area contributed by atoms with Gasteiger partial charge in [0.25, 0.3) is 7.37 Å². The van der Waals surface area contributed by atoms with Gasteiger partial charge in [-0.3, -0.25) is 9.36 Å². The highest BCUT2D eigenvalue weighted by molar-refractivity contribution is 7.67. The molecule has 0 saturated heterocycles. The number of hydrogen-bond donors (Lipinski definition) is 0. The Morgan fingerprint density at radius 1 is 0.966 bits per heavy atom. The van der Waals surface area contributed by atoms with E-state index in [9.17, 15) is 14.2 Å². The number of ether oxygens (including phenoxy) is 2. The van der Waals surface area contributed by atoms with Crippen molar-refractivity contribution in [1.82, 2.24) is 0 Å². The lowest BCUT2D eigenvalue weighted by Crippen LogP contribution is -2.21. The number of hydrogen-bond acceptors (Lipinski definition) is 6. The van der Waals surface area contributed by atoms with Gasteiger partial charge in [-0.15, -0.1) is 0 Å². The van der Waals surface area contributed by atoms with E-state index >= 15 is 0 Å². The molecule has 6 nitrogen and oxygen atoms in total. The van der Waals surface area contributed by atoms with E-state index in [-0.39, 0.29) is 25.8 Å². The van der Waals surface area contributed by atoms with E-state index in [1.54, 1.807) is 12.1 Å². The van der Waals surface area contributed by atoms with Crippen LogP contribution in [0.5, 0.6) is 5.75 Å². The number of fused-ring (bicyclic) bond motifs is 3. The van der Waals surface area contributed by atoms with Crippen LogP contribution < -0.4 is 9.83 Å². The number of carbonyl (C=O) groups is 2. The molecule has 0 N–H and O–H groups in total. The number of unbranched alkanes of at least 4 members (excludes halogenated alkanes) is 1. The Labute approximate surface area is 169 Å². The van der Waals surface area contributed by atoms with E-state index in [2.05, 4.69) is 6.58 Å². The van der Waals surface area contributed by atoms with E-state index in [0.717, 1.165) is 17.2 Å². The van der Waals surface area contributed by atoms with Gasteiger partial charge in [-0.1, -0.05) is 43.0 Å². The van der Waals surface area contributed by atoms with Gasteiger partial charge in [-0.05, 0) is 30.5 Å². The number of benzene rings is 2. The predicted octanol–water partition coefficient (Wildman–Crippen LogP) is 4.09. The molecular weight excluding hydrogens is 391 g/mol. The number of rotatable bonds is 9. The maximum absolute atomic E-state index is 13.5. The molecule has 2 aromatic rings. The SMILES string of the molecule is C=CC(=O)OCCCCOC(=O)CCP1(=O)Oc2ccccc2-c2ccccc21. The van der Waals surface area contributed by atoms with Crippen LogP contribution in [0.3, 0.4) is 0 Å². The Bertz CT molecular complexity index is 952. The molecule has 29 heavy (non-hydrogen) atoms. The predicted molar refractivity (Wildman–Crippen MR) is 111 cm³/mol. The van der Waals surface area contributed by atoms with Gasteiger partial charge in [0.15, 0.2) is 0 Å². The first-order valence-electron chi connectivity index (χ1n) is 9.46. The first-order chi connectivity index (χ1) is 14.0. The minimum absolute atomic E-state index is 0.000765. The van der Waals surface area contributed by atoms with Crippen molar-refractivity contribution in [3.63, 3.8) is 0 Å². The van der Waals surface area contributed by atoms with E-state index in [1.165, 1.54) is 0 Å². The Hall–Kier alpha value is -2.85. The van der Waals surface area contributed by atoms with Gasteiger partial charge in [0.2, 0.25) is 0 Å². The highest BCUT2D eigenvalue weighted by atomic mass is 31.2. The molecule has 0 aromatic heterocycles. The second-order valence-electron chi connectivity index (χ2n) is 6.55. The quantitative estimate of drug-likeness (QED) is 0.266. The van der Waals surface area contributed by atoms with E-state index in [0.29, 0.717) is 23.9 Å². The summed E-state index contributed by atoms with van der Waals surface area (Å²) in [5, 5.41) is 0.635. The zero-order valence-corrected chi connectivity index (χ0v) is 16.9. The molecule has 2 aromatic carbocycles. The average molecular weight is 414 g/mol. The smallest absolute Gasteiger partial charge is 0.330 e. The fourth-order valence-electron chi connectivity index (χ4n) is 3.07. The summed E-state index contributed by atoms with van der Waals surface area (Å²) < 4.78 is 29.5. The molecule has 152 valence electrons. The van der Waals surface area contributed by atoms with Gasteiger partial charge >= 0.3 is 11.9 Å². The Balaban J connectivity index is 1.53. The topological polar surface area (TPSA) is 78.9 Å². The average Bonchev–Trinajstić information content (AvgIpc) is 2.75. The van der Waals surface area contributed by atoms with Crippen LogP contribution in [0.25, 0.3) is 11.1 Å². The van der Waals surface area contributed by atoms with Crippen LogP contribution in [-0.4, -0.2) is 31.3 Å². The molecule has 0 fully saturated rings. The molecule has 0 radical (unpaired) electrons. The molecule has 0 spiro atoms. The van der Waals surface area contributed by atoms with Crippen LogP contribution in [0.4, 0.5) is 0 Å². The molecule has 0 saturated carbocycles. The summed E-state index contributed by atoms with van der Waals surface area (Å²) in [7, 11) is -3.22. The second kappa shape index (κ2) is 9.57. The lowest BCUT2D eigenvalue weighted by molar-refractivity contribution is -0.144. The first-order valence-corrected chi connectivity index (χ1v) is 11.3. The Kier molecular flexibility index (Phi) is 6.89. The van der Waals surface area contributed by atoms with Crippen molar-refractivity contribution in [3.8, 4) is 16.9 Å². The number of carbonyl (C=O) groups excluding carboxylic acids is 2. The largest absolute Gasteiger partial charge is 0.466 e. The van der Waals surface area contributed by atoms with Gasteiger partial charge in [0, 0.05) is 17.8 Å². The molecule has 1 unspecified atom stereocenters. The van der Waals surface area contributed by atoms with E-state index in [1.807, 2.05) is 36.4 Å². The second-order valence-corrected chi connectivity index (χ2v) is 9.01. The highest BCUT2D eigenvalue weighted by Gasteiger charge is 2.36. The van der Waals surface area contributed by atoms with Crippen molar-refractivity contribution < 1.29 is 28.2 Å². The van der Waals surface area contributed by atoms with E-state index in [4.69, 9.17) is 14.0 Å². The number of para-hydroxylation sites is 1. The van der Waals surface area contributed by atoms with Gasteiger partial charge in [0.1, 0.15) is 5.75 Å². The summed E-state index contributed by atoms with van der Waals surface area (Å²) in [6.45, 7) is 3.78. The van der Waals surface area contributed by atoms with Crippen LogP contribution >= 0.6 is 7.37 Å². The summed E-state index contributed by atoms with van der Waals surface area (Å²) in [4.78, 5) is 23.0. The van der Waals surface area contributed by atoms with Gasteiger partial charge in [-0.25, -0.2) is 4.79 Å². The standard InChI is InChI=1S/C22H23O6P/c1-2-21(23)26-14-7-8-15-27-22(24)13-16-29(25)20-12-6-4-10-18(20)17-9-3-5-11-19(17)28-29/h2-6,9-12H,1,7-8,13-16H2. The number of esters is 2. The molecule has 0 aliphatic carbocycles. The molecule has 0 amide bonds. The fraction of sp³-hybridized carbons (Fsp3) is 0.273. The minimum atomic E-state index is -3.22. The fourth-order valence-corrected chi connectivity index (χ4v) is 5.33. The highest BCUT2D eigenvalue weighted by Crippen LogP contribution is 2.54. The molecule has 1 aliphatic heterocycles. The Morgan fingerprint density at radius 2 is 1.62 bits per heavy atom. The van der Waals surface area contributed by atoms with Crippen LogP contribution in [0, 0.1) is 0 Å². The van der Waals surface area contributed by atoms with Crippen molar-refractivity contribution in [3.05, 3.63) is 61.2 Å². The molecular formula is C22H23O6P. The molecule has 1 heterocycles. The maximum Gasteiger partial charge on any atom is 0.330 e. The van der Waals surface area contributed by atoms with Crippen molar-refractivity contribution in [1.29, 1.82) is 0 Å². The lowest BCUT2D eigenvalue weighted by atomic mass is 10.0. The monoisotopic (exact) mass is 414 g/mol. The summed E-state index contributed by atoms with van der Waals surface area (Å²) in [6, 6.07) is 14.9. The molecule has 0 bridgehead atoms. The normalized spacial score (nSPS) is 16.7. The van der Waals surface area contributed by atoms with Crippen molar-refractivity contribution >= 4 is 24.6 Å². The maximum atomic E-state index is 13.5. The third-order valence-electron chi connectivity index (χ3n) is 4.52. The zero-order valence-electron chi connectivity index (χ0n) is 16.0. The summed E-state index contributed by atoms with van der Waals surface area (Å²) in [5.74, 6) is -0.332. The van der Waals surface area contributed by atoms with Crippen LogP contribution in [0.2, 0.25) is 0 Å². The third-order valence-corrected chi connectivity index (χ3v) is 6.95. The Morgan fingerprint density at radius 3 is 2.38 bits per heavy atom. The van der Waals surface area contributed by atoms with Crippen LogP contribution in [0.15, 0.2) is 61.2 Å². The molecule has 7 heteroatoms. The molecule has 1 aliphatic rings. The first kappa shape index (κ1) is 20.9. The van der Waals surface area contributed by atoms with Gasteiger partial charge in [0.05, 0.1) is 24.9 Å². The molecule has 3 rings (SSSR count). The van der Waals surface area contributed by atoms with Crippen molar-refractivity contribution in [2.45, 2.75) is 19.3 Å². The lowest BCUT2D eigenvalue weighted by Gasteiger charge is -2.28. The van der Waals surface area contributed by atoms with Crippen LogP contribution in [-0.2, 0) is 23.6 Å². The van der Waals surface area contributed by atoms with Gasteiger partial charge in [-0.2, -0.15) is 0 Å². The van der Waals surface area contributed by atoms with Gasteiger partial charge < -0.3 is 14.0 Å². The minimum Gasteiger partial charge on any atom is -0.466 e. The van der Waals surface area contributed by atoms with Crippen LogP contribution in [0.1, 0.15) is 19.3 Å². The summed E-state index contributed by atoms with van der Waals surface area (Å²) in [5.41, 5.74) is 1.77. The van der Waals surface area contributed by atoms with Crippen molar-refractivity contribution in [2.24, 2.45) is 0 Å².